The summed E-state index contributed by atoms with van der Waals surface area (Å²) < 4.78 is 1.10. The molecular weight excluding hydrogens is 342 g/mol. The quantitative estimate of drug-likeness (QED) is 0.578. The summed E-state index contributed by atoms with van der Waals surface area (Å²) in [4.78, 5) is 6.13. The van der Waals surface area contributed by atoms with Crippen molar-refractivity contribution in [2.24, 2.45) is 0 Å². The number of benzene rings is 2. The van der Waals surface area contributed by atoms with Crippen molar-refractivity contribution >= 4 is 27.3 Å². The molecule has 21 heavy (non-hydrogen) atoms. The summed E-state index contributed by atoms with van der Waals surface area (Å²) in [6.45, 7) is 4.31. The van der Waals surface area contributed by atoms with Crippen molar-refractivity contribution in [3.8, 4) is 11.3 Å². The van der Waals surface area contributed by atoms with E-state index in [0.717, 1.165) is 16.6 Å². The Bertz CT molecular complexity index is 759. The highest BCUT2D eigenvalue weighted by atomic mass is 79.9. The summed E-state index contributed by atoms with van der Waals surface area (Å²) in [7, 11) is 0. The fourth-order valence-electron chi connectivity index (χ4n) is 2.37. The second-order valence-electron chi connectivity index (χ2n) is 5.12. The molecule has 0 N–H and O–H groups in total. The zero-order valence-corrected chi connectivity index (χ0v) is 14.5. The monoisotopic (exact) mass is 357 g/mol. The van der Waals surface area contributed by atoms with E-state index in [0.29, 0.717) is 0 Å². The van der Waals surface area contributed by atoms with Crippen LogP contribution in [0.4, 0.5) is 0 Å². The van der Waals surface area contributed by atoms with Gasteiger partial charge in [0.15, 0.2) is 0 Å². The molecule has 0 aliphatic heterocycles. The van der Waals surface area contributed by atoms with Gasteiger partial charge in [0.05, 0.1) is 10.7 Å². The Kier molecular flexibility index (Phi) is 4.22. The van der Waals surface area contributed by atoms with Crippen LogP contribution in [0.15, 0.2) is 53.0 Å². The van der Waals surface area contributed by atoms with Gasteiger partial charge >= 0.3 is 0 Å². The number of hydrogen-bond donors (Lipinski definition) is 0. The minimum Gasteiger partial charge on any atom is -0.241 e. The summed E-state index contributed by atoms with van der Waals surface area (Å²) in [5, 5.41) is 1.18. The largest absolute Gasteiger partial charge is 0.241 e. The first kappa shape index (κ1) is 14.5. The van der Waals surface area contributed by atoms with Gasteiger partial charge in [-0.1, -0.05) is 52.3 Å². The fraction of sp³-hybridized carbons (Fsp3) is 0.167. The maximum atomic E-state index is 4.85. The molecule has 0 saturated carbocycles. The summed E-state index contributed by atoms with van der Waals surface area (Å²) in [5.41, 5.74) is 4.98. The summed E-state index contributed by atoms with van der Waals surface area (Å²) in [6.07, 6.45) is 0.911. The lowest BCUT2D eigenvalue weighted by atomic mass is 10.1. The van der Waals surface area contributed by atoms with Gasteiger partial charge in [0.25, 0.3) is 0 Å². The van der Waals surface area contributed by atoms with Gasteiger partial charge in [-0.2, -0.15) is 0 Å². The van der Waals surface area contributed by atoms with Crippen molar-refractivity contribution in [3.05, 3.63) is 74.0 Å². The Labute approximate surface area is 137 Å². The average molecular weight is 358 g/mol. The molecule has 3 rings (SSSR count). The topological polar surface area (TPSA) is 12.9 Å². The zero-order valence-electron chi connectivity index (χ0n) is 12.1. The number of rotatable bonds is 3. The van der Waals surface area contributed by atoms with Gasteiger partial charge in [-0.3, -0.25) is 0 Å². The summed E-state index contributed by atoms with van der Waals surface area (Å²) in [5.74, 6) is 0. The normalized spacial score (nSPS) is 10.8. The van der Waals surface area contributed by atoms with Gasteiger partial charge in [-0.25, -0.2) is 4.98 Å². The van der Waals surface area contributed by atoms with Crippen LogP contribution in [-0.4, -0.2) is 4.98 Å². The molecule has 3 aromatic rings. The van der Waals surface area contributed by atoms with Crippen LogP contribution in [0, 0.1) is 13.8 Å². The average Bonchev–Trinajstić information content (AvgIpc) is 2.83. The Balaban J connectivity index is 1.91. The number of hydrogen-bond acceptors (Lipinski definition) is 2. The molecule has 0 atom stereocenters. The molecule has 0 fully saturated rings. The van der Waals surface area contributed by atoms with E-state index in [-0.39, 0.29) is 0 Å². The predicted molar refractivity (Wildman–Crippen MR) is 94.0 cm³/mol. The third-order valence-electron chi connectivity index (χ3n) is 3.56. The molecule has 0 unspecified atom stereocenters. The molecule has 0 spiro atoms. The third kappa shape index (κ3) is 3.25. The number of aryl methyl sites for hydroxylation is 2. The van der Waals surface area contributed by atoms with Crippen LogP contribution < -0.4 is 0 Å². The maximum Gasteiger partial charge on any atom is 0.0979 e. The molecular formula is C18H16BrNS. The van der Waals surface area contributed by atoms with Crippen LogP contribution in [0.5, 0.6) is 0 Å². The molecule has 0 radical (unpaired) electrons. The van der Waals surface area contributed by atoms with Crippen LogP contribution >= 0.6 is 27.3 Å². The van der Waals surface area contributed by atoms with E-state index in [1.165, 1.54) is 26.6 Å². The molecule has 0 aliphatic rings. The Morgan fingerprint density at radius 2 is 1.71 bits per heavy atom. The second-order valence-corrected chi connectivity index (χ2v) is 7.33. The van der Waals surface area contributed by atoms with Gasteiger partial charge in [-0.05, 0) is 37.1 Å². The summed E-state index contributed by atoms with van der Waals surface area (Å²) >= 11 is 5.27. The minimum absolute atomic E-state index is 0.911. The van der Waals surface area contributed by atoms with Crippen molar-refractivity contribution < 1.29 is 0 Å². The third-order valence-corrected chi connectivity index (χ3v) is 5.06. The molecule has 1 heterocycles. The van der Waals surface area contributed by atoms with Crippen LogP contribution in [0.3, 0.4) is 0 Å². The van der Waals surface area contributed by atoms with Crippen molar-refractivity contribution in [1.82, 2.24) is 4.98 Å². The zero-order chi connectivity index (χ0) is 14.8. The highest BCUT2D eigenvalue weighted by Gasteiger charge is 2.11. The minimum atomic E-state index is 0.911. The van der Waals surface area contributed by atoms with E-state index in [1.54, 1.807) is 11.3 Å². The van der Waals surface area contributed by atoms with E-state index in [9.17, 15) is 0 Å². The number of aromatic nitrogens is 1. The van der Waals surface area contributed by atoms with Crippen molar-refractivity contribution in [3.63, 3.8) is 0 Å². The van der Waals surface area contributed by atoms with Crippen LogP contribution in [0.25, 0.3) is 11.3 Å². The molecule has 0 aliphatic carbocycles. The van der Waals surface area contributed by atoms with Crippen molar-refractivity contribution in [1.29, 1.82) is 0 Å². The molecule has 3 heteroatoms. The van der Waals surface area contributed by atoms with Crippen molar-refractivity contribution in [2.75, 3.05) is 0 Å². The van der Waals surface area contributed by atoms with E-state index in [1.807, 2.05) is 0 Å². The van der Waals surface area contributed by atoms with Crippen LogP contribution in [0.2, 0.25) is 0 Å². The Morgan fingerprint density at radius 1 is 1.00 bits per heavy atom. The van der Waals surface area contributed by atoms with Gasteiger partial charge in [-0.15, -0.1) is 11.3 Å². The molecule has 106 valence electrons. The maximum absolute atomic E-state index is 4.85. The fourth-order valence-corrected chi connectivity index (χ4v) is 3.62. The predicted octanol–water partition coefficient (Wildman–Crippen LogP) is 5.78. The smallest absolute Gasteiger partial charge is 0.0979 e. The standard InChI is InChI=1S/C18H16BrNS/c1-12-5-3-4-6-15(12)11-17-20-18(13(2)21-17)14-7-9-16(19)10-8-14/h3-10H,11H2,1-2H3. The Hall–Kier alpha value is -1.45. The lowest BCUT2D eigenvalue weighted by molar-refractivity contribution is 1.11. The molecule has 1 aromatic heterocycles. The van der Waals surface area contributed by atoms with Gasteiger partial charge in [0.2, 0.25) is 0 Å². The number of nitrogens with zero attached hydrogens (tertiary/aromatic N) is 1. The molecule has 2 aromatic carbocycles. The highest BCUT2D eigenvalue weighted by molar-refractivity contribution is 9.10. The van der Waals surface area contributed by atoms with E-state index in [4.69, 9.17) is 4.98 Å². The SMILES string of the molecule is Cc1ccccc1Cc1nc(-c2ccc(Br)cc2)c(C)s1. The molecule has 1 nitrogen and oxygen atoms in total. The van der Waals surface area contributed by atoms with Gasteiger partial charge in [0.1, 0.15) is 0 Å². The number of halogens is 1. The van der Waals surface area contributed by atoms with Crippen LogP contribution in [-0.2, 0) is 6.42 Å². The van der Waals surface area contributed by atoms with E-state index >= 15 is 0 Å². The van der Waals surface area contributed by atoms with Gasteiger partial charge < -0.3 is 0 Å². The molecule has 0 bridgehead atoms. The highest BCUT2D eigenvalue weighted by Crippen LogP contribution is 2.29. The first-order chi connectivity index (χ1) is 10.1. The second kappa shape index (κ2) is 6.12. The van der Waals surface area contributed by atoms with E-state index in [2.05, 4.69) is 78.3 Å². The van der Waals surface area contributed by atoms with Gasteiger partial charge in [0, 0.05) is 21.3 Å². The Morgan fingerprint density at radius 3 is 2.43 bits per heavy atom. The number of thiazole rings is 1. The first-order valence-electron chi connectivity index (χ1n) is 6.90. The molecule has 0 saturated heterocycles. The van der Waals surface area contributed by atoms with Crippen molar-refractivity contribution in [2.45, 2.75) is 20.3 Å². The summed E-state index contributed by atoms with van der Waals surface area (Å²) in [6, 6.07) is 16.9. The van der Waals surface area contributed by atoms with E-state index < -0.39 is 0 Å². The lowest BCUT2D eigenvalue weighted by Gasteiger charge is -2.02. The molecule has 0 amide bonds. The lowest BCUT2D eigenvalue weighted by Crippen LogP contribution is -1.90. The first-order valence-corrected chi connectivity index (χ1v) is 8.51. The van der Waals surface area contributed by atoms with Crippen LogP contribution in [0.1, 0.15) is 21.0 Å².